The summed E-state index contributed by atoms with van der Waals surface area (Å²) < 4.78 is 38.7. The number of nitrogens with zero attached hydrogens (tertiary/aromatic N) is 8. The molecule has 0 spiro atoms. The summed E-state index contributed by atoms with van der Waals surface area (Å²) in [6.07, 6.45) is 23.6. The molecule has 1 saturated heterocycles. The standard InChI is InChI=1S/C63H101FN8O5Si3/c1-11-13-14-15-16-17-18-19-20-21-22-24-31-57(62(74)54-41-66-59(42-65-54)69-32-27-23-28-33-69)70-43-55-58(44-70)71(47-76-35-38-79(6,7)8)63(67-55)60-51-29-25-26-30-56(51)72(68-60)48-77-36-39-80(9,10)46-49-40-53(64)61(73)50(12-2)52(49)45-75-34-37-78(3,4)5/h25-26,29-30,40-42,57,73H,11-24,27-28,31-39,43-48H2,1-10H3. The first-order valence-corrected chi connectivity index (χ1v) is 41.8. The zero-order valence-electron chi connectivity index (χ0n) is 51.1. The maximum absolute atomic E-state index is 15.2. The number of fused-ring (bicyclic) bond motifs is 2. The maximum atomic E-state index is 15.2. The Kier molecular flexibility index (Phi) is 24.2. The van der Waals surface area contributed by atoms with Crippen LogP contribution in [0.5, 0.6) is 5.75 Å². The molecule has 80 heavy (non-hydrogen) atoms. The number of carbonyl (C=O) groups is 1. The minimum Gasteiger partial charge on any atom is -0.505 e. The number of hydrogen-bond donors (Lipinski definition) is 1. The van der Waals surface area contributed by atoms with Crippen molar-refractivity contribution in [3.05, 3.63) is 82.3 Å². The van der Waals surface area contributed by atoms with Gasteiger partial charge in [0, 0.05) is 73.1 Å². The predicted octanol–water partition coefficient (Wildman–Crippen LogP) is 15.4. The molecule has 5 heterocycles. The van der Waals surface area contributed by atoms with Crippen molar-refractivity contribution < 1.29 is 28.5 Å². The quantitative estimate of drug-likeness (QED) is 0.0233. The van der Waals surface area contributed by atoms with Gasteiger partial charge in [0.15, 0.2) is 23.2 Å². The van der Waals surface area contributed by atoms with E-state index in [0.717, 1.165) is 120 Å². The Balaban J connectivity index is 1.06. The van der Waals surface area contributed by atoms with Crippen LogP contribution in [0.25, 0.3) is 22.4 Å². The zero-order chi connectivity index (χ0) is 57.3. The van der Waals surface area contributed by atoms with E-state index in [9.17, 15) is 9.90 Å². The number of carbonyl (C=O) groups excluding carboxylic acids is 1. The van der Waals surface area contributed by atoms with E-state index >= 15 is 4.39 Å². The molecule has 1 N–H and O–H groups in total. The molecule has 0 radical (unpaired) electrons. The molecule has 1 atom stereocenters. The first-order valence-electron chi connectivity index (χ1n) is 31.0. The fourth-order valence-corrected chi connectivity index (χ4v) is 15.2. The number of benzene rings is 2. The number of imidazole rings is 1. The van der Waals surface area contributed by atoms with Crippen LogP contribution in [0.1, 0.15) is 155 Å². The second-order valence-electron chi connectivity index (χ2n) is 26.4. The van der Waals surface area contributed by atoms with Crippen LogP contribution >= 0.6 is 0 Å². The van der Waals surface area contributed by atoms with Crippen LogP contribution in [-0.4, -0.2) is 108 Å². The average Bonchev–Trinajstić information content (AvgIpc) is 4.30. The lowest BCUT2D eigenvalue weighted by Gasteiger charge is -2.28. The van der Waals surface area contributed by atoms with Crippen LogP contribution in [0, 0.1) is 5.82 Å². The van der Waals surface area contributed by atoms with Crippen LogP contribution in [0.15, 0.2) is 42.7 Å². The highest BCUT2D eigenvalue weighted by atomic mass is 28.3. The number of rotatable bonds is 36. The third-order valence-electron chi connectivity index (χ3n) is 16.6. The van der Waals surface area contributed by atoms with Gasteiger partial charge < -0.3 is 28.8 Å². The first-order chi connectivity index (χ1) is 38.4. The molecule has 2 aliphatic heterocycles. The molecule has 5 aromatic rings. The lowest BCUT2D eigenvalue weighted by molar-refractivity contribution is 0.0756. The smallest absolute Gasteiger partial charge is 0.199 e. The number of anilines is 1. The number of ether oxygens (including phenoxy) is 3. The number of aromatic hydroxyl groups is 1. The van der Waals surface area contributed by atoms with Crippen molar-refractivity contribution in [3.63, 3.8) is 0 Å². The van der Waals surface area contributed by atoms with Gasteiger partial charge >= 0.3 is 0 Å². The second-order valence-corrected chi connectivity index (χ2v) is 42.8. The van der Waals surface area contributed by atoms with Gasteiger partial charge in [-0.3, -0.25) is 9.69 Å². The summed E-state index contributed by atoms with van der Waals surface area (Å²) in [6.45, 7) is 28.9. The number of unbranched alkanes of at least 4 members (excludes halogenated alkanes) is 11. The number of para-hydroxylation sites is 1. The van der Waals surface area contributed by atoms with Crippen molar-refractivity contribution in [2.45, 2.75) is 239 Å². The molecule has 7 rings (SSSR count). The number of Topliss-reactive ketones (excluding diaryl/α,β-unsaturated/α-hetero) is 1. The summed E-state index contributed by atoms with van der Waals surface area (Å²) in [6, 6.07) is 13.2. The van der Waals surface area contributed by atoms with Gasteiger partial charge in [-0.25, -0.2) is 24.0 Å². The summed E-state index contributed by atoms with van der Waals surface area (Å²) in [5, 5.41) is 17.0. The van der Waals surface area contributed by atoms with Crippen LogP contribution in [0.4, 0.5) is 10.2 Å². The number of phenolic OH excluding ortho intramolecular Hbond substituents is 1. The van der Waals surface area contributed by atoms with Crippen LogP contribution < -0.4 is 4.90 Å². The van der Waals surface area contributed by atoms with E-state index in [1.54, 1.807) is 6.20 Å². The van der Waals surface area contributed by atoms with Crippen molar-refractivity contribution in [3.8, 4) is 17.3 Å². The second kappa shape index (κ2) is 30.4. The van der Waals surface area contributed by atoms with Gasteiger partial charge in [0.1, 0.15) is 30.7 Å². The number of aromatic nitrogens is 6. The molecule has 2 aliphatic rings. The van der Waals surface area contributed by atoms with Gasteiger partial charge in [-0.15, -0.1) is 0 Å². The molecule has 3 aromatic heterocycles. The highest BCUT2D eigenvalue weighted by molar-refractivity contribution is 6.77. The number of phenols is 1. The number of ketones is 1. The lowest BCUT2D eigenvalue weighted by atomic mass is 9.99. The summed E-state index contributed by atoms with van der Waals surface area (Å²) >= 11 is 0. The van der Waals surface area contributed by atoms with Crippen molar-refractivity contribution in [1.82, 2.24) is 34.2 Å². The lowest BCUT2D eigenvalue weighted by Crippen LogP contribution is -2.39. The maximum Gasteiger partial charge on any atom is 0.199 e. The van der Waals surface area contributed by atoms with E-state index in [2.05, 4.69) is 91.9 Å². The van der Waals surface area contributed by atoms with Crippen LogP contribution in [0.2, 0.25) is 70.5 Å². The Morgan fingerprint density at radius 1 is 0.738 bits per heavy atom. The molecule has 0 aliphatic carbocycles. The summed E-state index contributed by atoms with van der Waals surface area (Å²) in [5.74, 6) is 0.845. The average molecular weight is 1150 g/mol. The van der Waals surface area contributed by atoms with E-state index in [4.69, 9.17) is 34.3 Å². The van der Waals surface area contributed by atoms with E-state index in [-0.39, 0.29) is 24.3 Å². The summed E-state index contributed by atoms with van der Waals surface area (Å²) in [7, 11) is -4.64. The fourth-order valence-electron chi connectivity index (χ4n) is 11.5. The summed E-state index contributed by atoms with van der Waals surface area (Å²) in [4.78, 5) is 34.4. The number of piperidine rings is 1. The highest BCUT2D eigenvalue weighted by Gasteiger charge is 2.37. The number of halogens is 1. The van der Waals surface area contributed by atoms with Gasteiger partial charge in [-0.2, -0.15) is 5.10 Å². The largest absolute Gasteiger partial charge is 0.505 e. The first kappa shape index (κ1) is 63.5. The monoisotopic (exact) mass is 1150 g/mol. The van der Waals surface area contributed by atoms with Crippen molar-refractivity contribution in [2.75, 3.05) is 37.8 Å². The Bertz CT molecular complexity index is 2710. The van der Waals surface area contributed by atoms with Crippen molar-refractivity contribution in [2.24, 2.45) is 0 Å². The molecular weight excluding hydrogens is 1050 g/mol. The number of hydrogen-bond acceptors (Lipinski definition) is 11. The zero-order valence-corrected chi connectivity index (χ0v) is 54.1. The minimum absolute atomic E-state index is 0.0345. The third-order valence-corrected chi connectivity index (χ3v) is 22.9. The van der Waals surface area contributed by atoms with Crippen molar-refractivity contribution >= 4 is 46.7 Å². The molecule has 1 unspecified atom stereocenters. The third kappa shape index (κ3) is 18.4. The molecule has 442 valence electrons. The molecule has 0 amide bonds. The SMILES string of the molecule is CCCCCCCCCCCCCCC(C(=O)c1cnc(N2CCCCC2)cn1)N1Cc2nc(-c3nn(COCC[Si](C)(C)Cc4cc(F)c(O)c(CC)c4COCC[Si](C)(C)C)c4ccccc34)n(COCC[Si](C)(C)C)c2C1. The molecule has 1 fully saturated rings. The van der Waals surface area contributed by atoms with E-state index < -0.39 is 30.0 Å². The molecule has 2 aromatic carbocycles. The molecule has 17 heteroatoms. The van der Waals surface area contributed by atoms with E-state index in [1.807, 2.05) is 23.9 Å². The minimum atomic E-state index is -1.99. The van der Waals surface area contributed by atoms with Gasteiger partial charge in [0.05, 0.1) is 50.0 Å². The van der Waals surface area contributed by atoms with E-state index in [1.165, 1.54) is 76.7 Å². The molecule has 0 bridgehead atoms. The van der Waals surface area contributed by atoms with Gasteiger partial charge in [-0.05, 0) is 79.5 Å². The van der Waals surface area contributed by atoms with Crippen LogP contribution in [0.3, 0.4) is 0 Å². The van der Waals surface area contributed by atoms with Gasteiger partial charge in [-0.1, -0.05) is 161 Å². The Morgan fingerprint density at radius 2 is 1.38 bits per heavy atom. The van der Waals surface area contributed by atoms with Gasteiger partial charge in [0.2, 0.25) is 0 Å². The van der Waals surface area contributed by atoms with Crippen LogP contribution in [-0.2, 0) is 59.8 Å². The van der Waals surface area contributed by atoms with Gasteiger partial charge in [0.25, 0.3) is 0 Å². The predicted molar refractivity (Wildman–Crippen MR) is 333 cm³/mol. The fraction of sp³-hybridized carbons (Fsp3) is 0.667. The Labute approximate surface area is 483 Å². The summed E-state index contributed by atoms with van der Waals surface area (Å²) in [5.41, 5.74) is 6.72. The highest BCUT2D eigenvalue weighted by Crippen LogP contribution is 2.36. The Hall–Kier alpha value is -4.11. The van der Waals surface area contributed by atoms with E-state index in [0.29, 0.717) is 63.9 Å². The topological polar surface area (TPSA) is 133 Å². The molecule has 0 saturated carbocycles. The molecular formula is C63H101FN8O5Si3. The Morgan fingerprint density at radius 3 is 2.02 bits per heavy atom. The normalized spacial score (nSPS) is 14.9. The van der Waals surface area contributed by atoms with Crippen molar-refractivity contribution in [1.29, 1.82) is 0 Å². The molecule has 13 nitrogen and oxygen atoms in total.